The summed E-state index contributed by atoms with van der Waals surface area (Å²) in [4.78, 5) is 8.65. The van der Waals surface area contributed by atoms with E-state index in [-0.39, 0.29) is 0 Å². The topological polar surface area (TPSA) is 44.2 Å². The molecule has 0 spiro atoms. The maximum atomic E-state index is 5.55. The molecule has 1 aromatic heterocycles. The number of hydrogen-bond acceptors (Lipinski definition) is 4. The first-order valence-corrected chi connectivity index (χ1v) is 6.12. The van der Waals surface area contributed by atoms with Crippen LogP contribution in [0.25, 0.3) is 10.9 Å². The Morgan fingerprint density at radius 2 is 1.94 bits per heavy atom. The summed E-state index contributed by atoms with van der Waals surface area (Å²) >= 11 is 0. The van der Waals surface area contributed by atoms with Crippen molar-refractivity contribution < 1.29 is 9.47 Å². The molecule has 0 saturated heterocycles. The number of nitrogens with zero attached hydrogens (tertiary/aromatic N) is 2. The second-order valence-electron chi connectivity index (χ2n) is 4.37. The van der Waals surface area contributed by atoms with Gasteiger partial charge in [-0.2, -0.15) is 0 Å². The molecular formula is C14H18N2O2. The Labute approximate surface area is 107 Å². The highest BCUT2D eigenvalue weighted by Crippen LogP contribution is 2.33. The van der Waals surface area contributed by atoms with E-state index in [0.717, 1.165) is 28.1 Å². The van der Waals surface area contributed by atoms with Crippen molar-refractivity contribution in [1.82, 2.24) is 9.97 Å². The lowest BCUT2D eigenvalue weighted by atomic mass is 10.0. The Morgan fingerprint density at radius 1 is 1.17 bits per heavy atom. The standard InChI is InChI=1S/C14H18N2O2/c1-5-18-13-7-11-10(6-12(13)17-4)14(9(2)3)16-8-15-11/h6-9H,5H2,1-4H3. The Bertz CT molecular complexity index is 553. The van der Waals surface area contributed by atoms with Gasteiger partial charge in [0.25, 0.3) is 0 Å². The van der Waals surface area contributed by atoms with Gasteiger partial charge in [0, 0.05) is 11.5 Å². The quantitative estimate of drug-likeness (QED) is 0.831. The maximum absolute atomic E-state index is 5.55. The lowest BCUT2D eigenvalue weighted by Gasteiger charge is -2.13. The fourth-order valence-electron chi connectivity index (χ4n) is 1.97. The zero-order chi connectivity index (χ0) is 13.1. The summed E-state index contributed by atoms with van der Waals surface area (Å²) in [5, 5.41) is 1.02. The van der Waals surface area contributed by atoms with Crippen LogP contribution in [0.4, 0.5) is 0 Å². The van der Waals surface area contributed by atoms with E-state index in [0.29, 0.717) is 12.5 Å². The van der Waals surface area contributed by atoms with E-state index in [4.69, 9.17) is 9.47 Å². The van der Waals surface area contributed by atoms with Gasteiger partial charge in [0.05, 0.1) is 24.9 Å². The Hall–Kier alpha value is -1.84. The molecule has 0 atom stereocenters. The summed E-state index contributed by atoms with van der Waals surface area (Å²) in [5.74, 6) is 1.79. The van der Waals surface area contributed by atoms with Gasteiger partial charge in [-0.3, -0.25) is 0 Å². The van der Waals surface area contributed by atoms with Crippen LogP contribution in [-0.4, -0.2) is 23.7 Å². The van der Waals surface area contributed by atoms with Gasteiger partial charge in [-0.15, -0.1) is 0 Å². The van der Waals surface area contributed by atoms with Crippen LogP contribution in [0.15, 0.2) is 18.5 Å². The number of benzene rings is 1. The average Bonchev–Trinajstić information content (AvgIpc) is 2.37. The predicted octanol–water partition coefficient (Wildman–Crippen LogP) is 3.16. The highest BCUT2D eigenvalue weighted by atomic mass is 16.5. The molecule has 96 valence electrons. The summed E-state index contributed by atoms with van der Waals surface area (Å²) in [6, 6.07) is 3.86. The molecule has 0 saturated carbocycles. The molecule has 4 nitrogen and oxygen atoms in total. The number of rotatable bonds is 4. The Balaban J connectivity index is 2.66. The Morgan fingerprint density at radius 3 is 2.56 bits per heavy atom. The van der Waals surface area contributed by atoms with Gasteiger partial charge in [-0.25, -0.2) is 9.97 Å². The van der Waals surface area contributed by atoms with Crippen LogP contribution in [-0.2, 0) is 0 Å². The molecule has 0 aliphatic heterocycles. The molecule has 0 radical (unpaired) electrons. The van der Waals surface area contributed by atoms with Crippen molar-refractivity contribution in [3.05, 3.63) is 24.2 Å². The van der Waals surface area contributed by atoms with Gasteiger partial charge in [0.1, 0.15) is 6.33 Å². The second-order valence-corrected chi connectivity index (χ2v) is 4.37. The molecule has 1 aromatic carbocycles. The number of ether oxygens (including phenoxy) is 2. The molecule has 0 bridgehead atoms. The fourth-order valence-corrected chi connectivity index (χ4v) is 1.97. The molecule has 0 N–H and O–H groups in total. The number of hydrogen-bond donors (Lipinski definition) is 0. The van der Waals surface area contributed by atoms with E-state index < -0.39 is 0 Å². The first-order chi connectivity index (χ1) is 8.67. The molecule has 0 aliphatic carbocycles. The highest BCUT2D eigenvalue weighted by Gasteiger charge is 2.12. The van der Waals surface area contributed by atoms with Crippen molar-refractivity contribution >= 4 is 10.9 Å². The molecule has 1 heterocycles. The zero-order valence-electron chi connectivity index (χ0n) is 11.2. The summed E-state index contributed by atoms with van der Waals surface area (Å²) in [6.45, 7) is 6.78. The van der Waals surface area contributed by atoms with E-state index in [2.05, 4.69) is 23.8 Å². The summed E-state index contributed by atoms with van der Waals surface area (Å²) in [5.41, 5.74) is 1.92. The largest absolute Gasteiger partial charge is 0.493 e. The molecule has 2 aromatic rings. The van der Waals surface area contributed by atoms with E-state index in [1.54, 1.807) is 13.4 Å². The monoisotopic (exact) mass is 246 g/mol. The van der Waals surface area contributed by atoms with Crippen LogP contribution < -0.4 is 9.47 Å². The van der Waals surface area contributed by atoms with Crippen molar-refractivity contribution in [3.8, 4) is 11.5 Å². The van der Waals surface area contributed by atoms with Gasteiger partial charge in [0.15, 0.2) is 11.5 Å². The van der Waals surface area contributed by atoms with E-state index in [9.17, 15) is 0 Å². The van der Waals surface area contributed by atoms with Gasteiger partial charge in [-0.1, -0.05) is 13.8 Å². The number of fused-ring (bicyclic) bond motifs is 1. The predicted molar refractivity (Wildman–Crippen MR) is 71.3 cm³/mol. The average molecular weight is 246 g/mol. The van der Waals surface area contributed by atoms with Crippen LogP contribution in [0.2, 0.25) is 0 Å². The molecule has 0 fully saturated rings. The fraction of sp³-hybridized carbons (Fsp3) is 0.429. The molecule has 0 aliphatic rings. The van der Waals surface area contributed by atoms with Crippen molar-refractivity contribution in [3.63, 3.8) is 0 Å². The lowest BCUT2D eigenvalue weighted by Crippen LogP contribution is -1.99. The van der Waals surface area contributed by atoms with Crippen molar-refractivity contribution in [1.29, 1.82) is 0 Å². The summed E-state index contributed by atoms with van der Waals surface area (Å²) < 4.78 is 10.9. The number of aromatic nitrogens is 2. The molecule has 0 amide bonds. The van der Waals surface area contributed by atoms with Crippen molar-refractivity contribution in [2.24, 2.45) is 0 Å². The van der Waals surface area contributed by atoms with E-state index in [1.807, 2.05) is 19.1 Å². The molecule has 4 heteroatoms. The summed E-state index contributed by atoms with van der Waals surface area (Å²) in [6.07, 6.45) is 1.60. The van der Waals surface area contributed by atoms with E-state index in [1.165, 1.54) is 0 Å². The SMILES string of the molecule is CCOc1cc2ncnc(C(C)C)c2cc1OC. The molecule has 18 heavy (non-hydrogen) atoms. The highest BCUT2D eigenvalue weighted by molar-refractivity contribution is 5.84. The normalized spacial score (nSPS) is 10.9. The van der Waals surface area contributed by atoms with E-state index >= 15 is 0 Å². The maximum Gasteiger partial charge on any atom is 0.163 e. The molecule has 0 unspecified atom stereocenters. The lowest BCUT2D eigenvalue weighted by molar-refractivity contribution is 0.311. The van der Waals surface area contributed by atoms with Crippen molar-refractivity contribution in [2.75, 3.05) is 13.7 Å². The van der Waals surface area contributed by atoms with Gasteiger partial charge in [-0.05, 0) is 18.9 Å². The Kier molecular flexibility index (Phi) is 3.65. The smallest absolute Gasteiger partial charge is 0.163 e. The first kappa shape index (κ1) is 12.6. The first-order valence-electron chi connectivity index (χ1n) is 6.12. The minimum Gasteiger partial charge on any atom is -0.493 e. The molecule has 2 rings (SSSR count). The van der Waals surface area contributed by atoms with Crippen LogP contribution in [0.3, 0.4) is 0 Å². The van der Waals surface area contributed by atoms with Crippen LogP contribution in [0.1, 0.15) is 32.4 Å². The van der Waals surface area contributed by atoms with Crippen LogP contribution >= 0.6 is 0 Å². The van der Waals surface area contributed by atoms with Crippen LogP contribution in [0, 0.1) is 0 Å². The third-order valence-corrected chi connectivity index (χ3v) is 2.80. The van der Waals surface area contributed by atoms with Gasteiger partial charge in [0.2, 0.25) is 0 Å². The minimum atomic E-state index is 0.346. The van der Waals surface area contributed by atoms with Gasteiger partial charge < -0.3 is 9.47 Å². The minimum absolute atomic E-state index is 0.346. The van der Waals surface area contributed by atoms with Crippen LogP contribution in [0.5, 0.6) is 11.5 Å². The summed E-state index contributed by atoms with van der Waals surface area (Å²) in [7, 11) is 1.64. The second kappa shape index (κ2) is 5.21. The third kappa shape index (κ3) is 2.23. The molecular weight excluding hydrogens is 228 g/mol. The van der Waals surface area contributed by atoms with Crippen molar-refractivity contribution in [2.45, 2.75) is 26.7 Å². The number of methoxy groups -OCH3 is 1. The van der Waals surface area contributed by atoms with Gasteiger partial charge >= 0.3 is 0 Å². The zero-order valence-corrected chi connectivity index (χ0v) is 11.2. The third-order valence-electron chi connectivity index (χ3n) is 2.80.